The van der Waals surface area contributed by atoms with Crippen LogP contribution in [0.3, 0.4) is 0 Å². The highest BCUT2D eigenvalue weighted by Gasteiger charge is 2.30. The van der Waals surface area contributed by atoms with Gasteiger partial charge >= 0.3 is 5.97 Å². The number of allylic oxidation sites excluding steroid dienone is 1. The van der Waals surface area contributed by atoms with E-state index in [2.05, 4.69) is 15.4 Å². The number of methoxy groups -OCH3 is 1. The smallest absolute Gasteiger partial charge is 0.356 e. The van der Waals surface area contributed by atoms with Crippen molar-refractivity contribution in [3.8, 4) is 11.5 Å². The molecule has 2 N–H and O–H groups in total. The molecule has 25 heavy (non-hydrogen) atoms. The molecule has 0 saturated heterocycles. The molecule has 0 bridgehead atoms. The molecule has 1 heterocycles. The van der Waals surface area contributed by atoms with E-state index in [-0.39, 0.29) is 11.6 Å². The van der Waals surface area contributed by atoms with E-state index in [4.69, 9.17) is 4.74 Å². The molecule has 1 amide bonds. The monoisotopic (exact) mass is 338 g/mol. The molecule has 2 aromatic carbocycles. The molecule has 0 aromatic heterocycles. The predicted octanol–water partition coefficient (Wildman–Crippen LogP) is 2.64. The van der Waals surface area contributed by atoms with E-state index in [1.54, 1.807) is 13.0 Å². The maximum Gasteiger partial charge on any atom is 0.356 e. The number of hydrogen-bond acceptors (Lipinski definition) is 5. The third-order valence-corrected chi connectivity index (χ3v) is 3.81. The summed E-state index contributed by atoms with van der Waals surface area (Å²) in [6.07, 6.45) is 0. The van der Waals surface area contributed by atoms with Crippen molar-refractivity contribution >= 4 is 11.9 Å². The van der Waals surface area contributed by atoms with Gasteiger partial charge in [-0.1, -0.05) is 30.3 Å². The first-order valence-electron chi connectivity index (χ1n) is 7.78. The summed E-state index contributed by atoms with van der Waals surface area (Å²) in [5, 5.41) is 5.65. The molecule has 6 nitrogen and oxygen atoms in total. The van der Waals surface area contributed by atoms with Crippen LogP contribution in [0.15, 0.2) is 66.0 Å². The van der Waals surface area contributed by atoms with Gasteiger partial charge in [0.2, 0.25) is 0 Å². The zero-order chi connectivity index (χ0) is 17.8. The van der Waals surface area contributed by atoms with Crippen molar-refractivity contribution in [3.63, 3.8) is 0 Å². The van der Waals surface area contributed by atoms with Crippen LogP contribution < -0.4 is 15.4 Å². The Hall–Kier alpha value is -3.28. The fraction of sp³-hybridized carbons (Fsp3) is 0.158. The number of esters is 1. The molecule has 1 unspecified atom stereocenters. The maximum absolute atomic E-state index is 12.4. The van der Waals surface area contributed by atoms with E-state index in [1.165, 1.54) is 7.11 Å². The van der Waals surface area contributed by atoms with Crippen molar-refractivity contribution in [2.24, 2.45) is 0 Å². The zero-order valence-electron chi connectivity index (χ0n) is 13.9. The summed E-state index contributed by atoms with van der Waals surface area (Å²) < 4.78 is 10.5. The van der Waals surface area contributed by atoms with Gasteiger partial charge in [-0.3, -0.25) is 4.79 Å². The maximum atomic E-state index is 12.4. The van der Waals surface area contributed by atoms with Gasteiger partial charge in [0.25, 0.3) is 5.91 Å². The van der Waals surface area contributed by atoms with Gasteiger partial charge in [-0.05, 0) is 36.8 Å². The van der Waals surface area contributed by atoms with Crippen LogP contribution in [0.2, 0.25) is 0 Å². The molecule has 0 saturated carbocycles. The van der Waals surface area contributed by atoms with Crippen LogP contribution in [0.4, 0.5) is 0 Å². The van der Waals surface area contributed by atoms with Crippen LogP contribution in [-0.4, -0.2) is 19.0 Å². The lowest BCUT2D eigenvalue weighted by Crippen LogP contribution is -2.45. The van der Waals surface area contributed by atoms with Gasteiger partial charge in [-0.25, -0.2) is 4.79 Å². The average Bonchev–Trinajstić information content (AvgIpc) is 2.63. The minimum Gasteiger partial charge on any atom is -0.464 e. The van der Waals surface area contributed by atoms with Gasteiger partial charge in [-0.15, -0.1) is 0 Å². The molecule has 1 atom stereocenters. The molecule has 128 valence electrons. The molecule has 0 spiro atoms. The fourth-order valence-electron chi connectivity index (χ4n) is 2.57. The van der Waals surface area contributed by atoms with Crippen molar-refractivity contribution < 1.29 is 19.1 Å². The zero-order valence-corrected chi connectivity index (χ0v) is 13.9. The van der Waals surface area contributed by atoms with E-state index in [1.807, 2.05) is 48.5 Å². The van der Waals surface area contributed by atoms with Crippen LogP contribution in [0.25, 0.3) is 0 Å². The normalized spacial score (nSPS) is 16.7. The Morgan fingerprint density at radius 1 is 1.04 bits per heavy atom. The van der Waals surface area contributed by atoms with Gasteiger partial charge in [-0.2, -0.15) is 0 Å². The highest BCUT2D eigenvalue weighted by atomic mass is 16.5. The Labute approximate surface area is 145 Å². The Morgan fingerprint density at radius 3 is 2.48 bits per heavy atom. The summed E-state index contributed by atoms with van der Waals surface area (Å²) in [7, 11) is 1.27. The number of carbonyl (C=O) groups excluding carboxylic acids is 2. The average molecular weight is 338 g/mol. The molecule has 6 heteroatoms. The number of benzene rings is 2. The molecular weight excluding hydrogens is 320 g/mol. The van der Waals surface area contributed by atoms with E-state index in [0.717, 1.165) is 5.56 Å². The second-order valence-electron chi connectivity index (χ2n) is 5.55. The van der Waals surface area contributed by atoms with Crippen molar-refractivity contribution in [2.75, 3.05) is 7.11 Å². The summed E-state index contributed by atoms with van der Waals surface area (Å²) in [5.41, 5.74) is 1.40. The summed E-state index contributed by atoms with van der Waals surface area (Å²) >= 11 is 0. The SMILES string of the molecule is COC(=O)C1=C(C)NC(c2cccc(Oc3ccccc3)c2)C(=O)N1. The third-order valence-electron chi connectivity index (χ3n) is 3.81. The van der Waals surface area contributed by atoms with E-state index < -0.39 is 12.0 Å². The van der Waals surface area contributed by atoms with Crippen LogP contribution in [-0.2, 0) is 14.3 Å². The summed E-state index contributed by atoms with van der Waals surface area (Å²) in [6.45, 7) is 1.71. The number of ether oxygens (including phenoxy) is 2. The molecule has 0 aliphatic carbocycles. The standard InChI is InChI=1S/C19H18N2O4/c1-12-16(19(23)24-2)21-18(22)17(20-12)13-7-6-10-15(11-13)25-14-8-4-3-5-9-14/h3-11,17,20H,1-2H3,(H,21,22). The molecule has 2 aromatic rings. The van der Waals surface area contributed by atoms with Gasteiger partial charge in [0.05, 0.1) is 7.11 Å². The first-order chi connectivity index (χ1) is 12.1. The number of rotatable bonds is 4. The predicted molar refractivity (Wildman–Crippen MR) is 91.7 cm³/mol. The molecule has 1 aliphatic heterocycles. The Kier molecular flexibility index (Phi) is 4.70. The van der Waals surface area contributed by atoms with Crippen LogP contribution in [0.5, 0.6) is 11.5 Å². The molecule has 0 fully saturated rings. The fourth-order valence-corrected chi connectivity index (χ4v) is 2.57. The quantitative estimate of drug-likeness (QED) is 0.838. The molecule has 0 radical (unpaired) electrons. The summed E-state index contributed by atoms with van der Waals surface area (Å²) in [6, 6.07) is 16.0. The second kappa shape index (κ2) is 7.09. The van der Waals surface area contributed by atoms with Gasteiger partial charge < -0.3 is 20.1 Å². The lowest BCUT2D eigenvalue weighted by Gasteiger charge is -2.27. The third kappa shape index (κ3) is 3.63. The molecule has 3 rings (SSSR count). The summed E-state index contributed by atoms with van der Waals surface area (Å²) in [4.78, 5) is 24.1. The molecule has 1 aliphatic rings. The van der Waals surface area contributed by atoms with Crippen LogP contribution in [0.1, 0.15) is 18.5 Å². The van der Waals surface area contributed by atoms with Gasteiger partial charge in [0, 0.05) is 5.70 Å². The number of amides is 1. The van der Waals surface area contributed by atoms with Gasteiger partial charge in [0.15, 0.2) is 0 Å². The second-order valence-corrected chi connectivity index (χ2v) is 5.55. The lowest BCUT2D eigenvalue weighted by atomic mass is 10.0. The van der Waals surface area contributed by atoms with Crippen LogP contribution in [0, 0.1) is 0 Å². The van der Waals surface area contributed by atoms with Crippen molar-refractivity contribution in [1.82, 2.24) is 10.6 Å². The van der Waals surface area contributed by atoms with E-state index in [9.17, 15) is 9.59 Å². The highest BCUT2D eigenvalue weighted by molar-refractivity contribution is 5.97. The minimum atomic E-state index is -0.618. The number of para-hydroxylation sites is 1. The first-order valence-corrected chi connectivity index (χ1v) is 7.78. The van der Waals surface area contributed by atoms with E-state index >= 15 is 0 Å². The lowest BCUT2D eigenvalue weighted by molar-refractivity contribution is -0.138. The first kappa shape index (κ1) is 16.6. The number of hydrogen-bond donors (Lipinski definition) is 2. The highest BCUT2D eigenvalue weighted by Crippen LogP contribution is 2.26. The summed E-state index contributed by atoms with van der Waals surface area (Å²) in [5.74, 6) is 0.421. The van der Waals surface area contributed by atoms with Crippen LogP contribution >= 0.6 is 0 Å². The van der Waals surface area contributed by atoms with Gasteiger partial charge in [0.1, 0.15) is 23.2 Å². The van der Waals surface area contributed by atoms with Crippen molar-refractivity contribution in [3.05, 3.63) is 71.6 Å². The largest absolute Gasteiger partial charge is 0.464 e. The Morgan fingerprint density at radius 2 is 1.76 bits per heavy atom. The minimum absolute atomic E-state index is 0.125. The number of nitrogens with one attached hydrogen (secondary N) is 2. The Balaban J connectivity index is 1.83. The topological polar surface area (TPSA) is 76.7 Å². The Bertz CT molecular complexity index is 830. The van der Waals surface area contributed by atoms with Crippen molar-refractivity contribution in [1.29, 1.82) is 0 Å². The molecular formula is C19H18N2O4. The van der Waals surface area contributed by atoms with Crippen molar-refractivity contribution in [2.45, 2.75) is 13.0 Å². The van der Waals surface area contributed by atoms with E-state index in [0.29, 0.717) is 17.2 Å². The number of carbonyl (C=O) groups is 2.